The van der Waals surface area contributed by atoms with Crippen LogP contribution < -0.4 is 0 Å². The Labute approximate surface area is 197 Å². The average Bonchev–Trinajstić information content (AvgIpc) is 2.85. The number of rotatable bonds is 12. The third kappa shape index (κ3) is 5.39. The second-order valence-corrected chi connectivity index (χ2v) is 8.07. The molecule has 0 aromatic rings. The van der Waals surface area contributed by atoms with Crippen molar-refractivity contribution < 1.29 is 52.1 Å². The molecule has 0 bridgehead atoms. The number of hydrogen-bond donors (Lipinski definition) is 0. The first-order chi connectivity index (χ1) is 16.0. The van der Waals surface area contributed by atoms with Crippen LogP contribution in [-0.2, 0) is 52.1 Å². The highest BCUT2D eigenvalue weighted by Gasteiger charge is 2.58. The zero-order valence-electron chi connectivity index (χ0n) is 21.4. The fraction of sp³-hybridized carbons (Fsp3) is 1.00. The Balaban J connectivity index is 2.51. The van der Waals surface area contributed by atoms with Crippen molar-refractivity contribution in [1.29, 1.82) is 0 Å². The maximum Gasteiger partial charge on any atom is 0.116 e. The zero-order chi connectivity index (χ0) is 24.7. The Hall–Kier alpha value is -0.440. The van der Waals surface area contributed by atoms with Crippen molar-refractivity contribution in [2.45, 2.75) is 73.2 Å². The first kappa shape index (κ1) is 28.8. The largest absolute Gasteiger partial charge is 0.376 e. The molecule has 2 fully saturated rings. The van der Waals surface area contributed by atoms with Crippen molar-refractivity contribution in [2.75, 3.05) is 71.1 Å². The van der Waals surface area contributed by atoms with E-state index in [1.54, 1.807) is 71.1 Å². The Kier molecular flexibility index (Phi) is 11.9. The van der Waals surface area contributed by atoms with E-state index in [2.05, 4.69) is 0 Å². The quantitative estimate of drug-likeness (QED) is 0.373. The van der Waals surface area contributed by atoms with Gasteiger partial charge in [0.25, 0.3) is 0 Å². The van der Waals surface area contributed by atoms with Gasteiger partial charge in [0.2, 0.25) is 0 Å². The fourth-order valence-electron chi connectivity index (χ4n) is 5.42. The molecule has 33 heavy (non-hydrogen) atoms. The third-order valence-corrected chi connectivity index (χ3v) is 6.92. The van der Waals surface area contributed by atoms with Crippen LogP contribution in [0.3, 0.4) is 0 Å². The zero-order valence-corrected chi connectivity index (χ0v) is 21.4. The van der Waals surface area contributed by atoms with E-state index in [1.807, 2.05) is 0 Å². The summed E-state index contributed by atoms with van der Waals surface area (Å²) in [6, 6.07) is 0. The summed E-state index contributed by atoms with van der Waals surface area (Å²) in [6.07, 6.45) is -6.15. The average molecular weight is 483 g/mol. The van der Waals surface area contributed by atoms with Gasteiger partial charge in [0.15, 0.2) is 0 Å². The predicted molar refractivity (Wildman–Crippen MR) is 117 cm³/mol. The lowest BCUT2D eigenvalue weighted by atomic mass is 9.81. The molecule has 11 heteroatoms. The first-order valence-corrected chi connectivity index (χ1v) is 10.9. The van der Waals surface area contributed by atoms with Crippen molar-refractivity contribution in [3.05, 3.63) is 0 Å². The van der Waals surface area contributed by atoms with Gasteiger partial charge in [0.1, 0.15) is 73.2 Å². The fourth-order valence-corrected chi connectivity index (χ4v) is 5.42. The van der Waals surface area contributed by atoms with Crippen LogP contribution in [0, 0.1) is 0 Å². The van der Waals surface area contributed by atoms with Gasteiger partial charge >= 0.3 is 0 Å². The van der Waals surface area contributed by atoms with Gasteiger partial charge in [-0.15, -0.1) is 0 Å². The highest BCUT2D eigenvalue weighted by molar-refractivity contribution is 5.07. The van der Waals surface area contributed by atoms with E-state index in [0.29, 0.717) is 0 Å². The molecule has 8 unspecified atom stereocenters. The molecule has 0 radical (unpaired) electrons. The molecule has 0 aliphatic heterocycles. The maximum atomic E-state index is 6.73. The Bertz CT molecular complexity index is 466. The number of methoxy groups -OCH3 is 10. The minimum Gasteiger partial charge on any atom is -0.376 e. The topological polar surface area (TPSA) is 102 Å². The van der Waals surface area contributed by atoms with Crippen molar-refractivity contribution in [2.24, 2.45) is 0 Å². The van der Waals surface area contributed by atoms with Crippen LogP contribution in [0.1, 0.15) is 0 Å². The molecule has 2 saturated carbocycles. The van der Waals surface area contributed by atoms with Gasteiger partial charge in [-0.2, -0.15) is 0 Å². The van der Waals surface area contributed by atoms with Crippen LogP contribution in [0.15, 0.2) is 0 Å². The summed E-state index contributed by atoms with van der Waals surface area (Å²) in [4.78, 5) is 0. The molecule has 0 spiro atoms. The molecule has 2 rings (SSSR count). The van der Waals surface area contributed by atoms with Crippen LogP contribution in [0.5, 0.6) is 0 Å². The molecular weight excluding hydrogens is 440 g/mol. The van der Waals surface area contributed by atoms with Crippen LogP contribution in [0.2, 0.25) is 0 Å². The highest BCUT2D eigenvalue weighted by atomic mass is 16.6. The van der Waals surface area contributed by atoms with E-state index >= 15 is 0 Å². The SMILES string of the molecule is COC1C(OC)C(OC)C(OC2C(OC)C(OC)C(OC)C(OC)C2OC)C(OC)C1OC. The number of hydrogen-bond acceptors (Lipinski definition) is 11. The molecule has 0 aromatic carbocycles. The Morgan fingerprint density at radius 2 is 0.333 bits per heavy atom. The molecule has 0 amide bonds. The minimum atomic E-state index is -0.615. The van der Waals surface area contributed by atoms with E-state index in [-0.39, 0.29) is 0 Å². The van der Waals surface area contributed by atoms with Gasteiger partial charge in [-0.3, -0.25) is 0 Å². The summed E-state index contributed by atoms with van der Waals surface area (Å²) in [5.41, 5.74) is 0. The van der Waals surface area contributed by atoms with Crippen molar-refractivity contribution in [3.8, 4) is 0 Å². The smallest absolute Gasteiger partial charge is 0.116 e. The number of ether oxygens (including phenoxy) is 11. The van der Waals surface area contributed by atoms with E-state index in [1.165, 1.54) is 0 Å². The lowest BCUT2D eigenvalue weighted by Gasteiger charge is -2.52. The van der Waals surface area contributed by atoms with E-state index in [0.717, 1.165) is 0 Å². The molecule has 0 aromatic heterocycles. The first-order valence-electron chi connectivity index (χ1n) is 10.9. The maximum absolute atomic E-state index is 6.73. The van der Waals surface area contributed by atoms with Crippen LogP contribution in [0.4, 0.5) is 0 Å². The van der Waals surface area contributed by atoms with Crippen LogP contribution in [0.25, 0.3) is 0 Å². The molecule has 0 heterocycles. The summed E-state index contributed by atoms with van der Waals surface area (Å²) < 4.78 is 64.7. The van der Waals surface area contributed by atoms with Gasteiger partial charge in [-0.25, -0.2) is 0 Å². The second-order valence-electron chi connectivity index (χ2n) is 8.07. The lowest BCUT2D eigenvalue weighted by molar-refractivity contribution is -0.310. The summed E-state index contributed by atoms with van der Waals surface area (Å²) in [5.74, 6) is 0. The second kappa shape index (κ2) is 13.6. The summed E-state index contributed by atoms with van der Waals surface area (Å²) in [6.45, 7) is 0. The third-order valence-electron chi connectivity index (χ3n) is 6.92. The summed E-state index contributed by atoms with van der Waals surface area (Å²) in [7, 11) is 16.0. The van der Waals surface area contributed by atoms with Crippen LogP contribution in [-0.4, -0.2) is 144 Å². The standard InChI is InChI=1S/C22H42O11/c1-23-11-13(25-3)17(29-7)21(18(30-8)14(11)26-4)33-22-19(31-9)15(27-5)12(24-2)16(28-6)20(22)32-10/h11-22H,1-10H3. The molecule has 0 N–H and O–H groups in total. The van der Waals surface area contributed by atoms with E-state index < -0.39 is 73.2 Å². The molecule has 8 atom stereocenters. The molecule has 0 saturated heterocycles. The van der Waals surface area contributed by atoms with Crippen molar-refractivity contribution >= 4 is 0 Å². The monoisotopic (exact) mass is 482 g/mol. The highest BCUT2D eigenvalue weighted by Crippen LogP contribution is 2.37. The molecule has 2 aliphatic rings. The normalized spacial score (nSPS) is 44.2. The van der Waals surface area contributed by atoms with Crippen molar-refractivity contribution in [3.63, 3.8) is 0 Å². The Morgan fingerprint density at radius 1 is 0.212 bits per heavy atom. The molecule has 11 nitrogen and oxygen atoms in total. The summed E-state index contributed by atoms with van der Waals surface area (Å²) in [5, 5.41) is 0. The van der Waals surface area contributed by atoms with E-state index in [9.17, 15) is 0 Å². The predicted octanol–water partition coefficient (Wildman–Crippen LogP) is -0.0826. The molecule has 196 valence electrons. The van der Waals surface area contributed by atoms with E-state index in [4.69, 9.17) is 52.1 Å². The molecular formula is C22H42O11. The van der Waals surface area contributed by atoms with Gasteiger partial charge in [-0.1, -0.05) is 0 Å². The van der Waals surface area contributed by atoms with Gasteiger partial charge in [0, 0.05) is 71.1 Å². The minimum absolute atomic E-state index is 0.436. The summed E-state index contributed by atoms with van der Waals surface area (Å²) >= 11 is 0. The lowest BCUT2D eigenvalue weighted by Crippen LogP contribution is -2.71. The van der Waals surface area contributed by atoms with Gasteiger partial charge in [0.05, 0.1) is 0 Å². The van der Waals surface area contributed by atoms with Crippen molar-refractivity contribution in [1.82, 2.24) is 0 Å². The van der Waals surface area contributed by atoms with Gasteiger partial charge < -0.3 is 52.1 Å². The Morgan fingerprint density at radius 3 is 0.455 bits per heavy atom. The molecule has 2 aliphatic carbocycles. The van der Waals surface area contributed by atoms with Crippen LogP contribution >= 0.6 is 0 Å². The van der Waals surface area contributed by atoms with Gasteiger partial charge in [-0.05, 0) is 0 Å².